The first kappa shape index (κ1) is 19.1. The lowest BCUT2D eigenvalue weighted by Gasteiger charge is -2.16. The number of hydrogen-bond donors (Lipinski definition) is 0. The lowest BCUT2D eigenvalue weighted by Crippen LogP contribution is -2.37. The lowest BCUT2D eigenvalue weighted by atomic mass is 9.92. The Morgan fingerprint density at radius 1 is 0.833 bits per heavy atom. The number of fused-ring (bicyclic) bond motifs is 4. The maximum Gasteiger partial charge on any atom is 0.161 e. The Labute approximate surface area is 178 Å². The van der Waals surface area contributed by atoms with E-state index in [2.05, 4.69) is 94.2 Å². The van der Waals surface area contributed by atoms with E-state index < -0.39 is 8.07 Å². The fourth-order valence-corrected chi connectivity index (χ4v) is 5.49. The first-order valence-electron chi connectivity index (χ1n) is 10.7. The minimum atomic E-state index is -1.40. The van der Waals surface area contributed by atoms with E-state index >= 15 is 0 Å². The van der Waals surface area contributed by atoms with E-state index in [0.29, 0.717) is 5.92 Å². The molecule has 0 saturated carbocycles. The summed E-state index contributed by atoms with van der Waals surface area (Å²) in [6.07, 6.45) is 1.91. The Morgan fingerprint density at radius 2 is 1.63 bits per heavy atom. The molecule has 0 saturated heterocycles. The molecule has 0 aliphatic heterocycles. The summed E-state index contributed by atoms with van der Waals surface area (Å²) in [4.78, 5) is 4.77. The topological polar surface area (TPSA) is 26.0 Å². The minimum absolute atomic E-state index is 0.434. The Hall–Kier alpha value is -2.91. The van der Waals surface area contributed by atoms with Crippen LogP contribution in [0.15, 0.2) is 71.3 Å². The van der Waals surface area contributed by atoms with Crippen LogP contribution in [-0.4, -0.2) is 13.1 Å². The lowest BCUT2D eigenvalue weighted by molar-refractivity contribution is 0.668. The molecule has 3 aromatic carbocycles. The van der Waals surface area contributed by atoms with E-state index in [1.54, 1.807) is 0 Å². The van der Waals surface area contributed by atoms with E-state index in [-0.39, 0.29) is 0 Å². The van der Waals surface area contributed by atoms with E-state index in [9.17, 15) is 0 Å². The smallest absolute Gasteiger partial charge is 0.161 e. The summed E-state index contributed by atoms with van der Waals surface area (Å²) in [5.74, 6) is 0.434. The van der Waals surface area contributed by atoms with Crippen LogP contribution in [0, 0.1) is 0 Å². The number of furan rings is 1. The third-order valence-corrected chi connectivity index (χ3v) is 8.08. The molecular weight excluding hydrogens is 382 g/mol. The van der Waals surface area contributed by atoms with Gasteiger partial charge in [-0.1, -0.05) is 75.1 Å². The van der Waals surface area contributed by atoms with Crippen LogP contribution in [0.1, 0.15) is 25.3 Å². The standard InChI is InChI=1S/C27H27NOSi/c1-17(2)23-15-19(14-18-8-6-7-9-21(18)23)26-27-22(12-13-28-26)24-16-20(30(3,4)5)10-11-25(24)29-27/h6-17H,1-5H3. The Kier molecular flexibility index (Phi) is 4.33. The predicted octanol–water partition coefficient (Wildman–Crippen LogP) is 7.47. The summed E-state index contributed by atoms with van der Waals surface area (Å²) in [7, 11) is -1.40. The molecule has 0 atom stereocenters. The van der Waals surface area contributed by atoms with Gasteiger partial charge in [-0.3, -0.25) is 4.98 Å². The monoisotopic (exact) mass is 409 g/mol. The zero-order valence-electron chi connectivity index (χ0n) is 18.3. The maximum absolute atomic E-state index is 6.37. The molecule has 0 unspecified atom stereocenters. The quantitative estimate of drug-likeness (QED) is 0.289. The normalized spacial score (nSPS) is 12.5. The Balaban J connectivity index is 1.79. The van der Waals surface area contributed by atoms with Crippen molar-refractivity contribution in [2.75, 3.05) is 0 Å². The molecule has 5 rings (SSSR count). The number of benzene rings is 3. The summed E-state index contributed by atoms with van der Waals surface area (Å²) in [6.45, 7) is 11.6. The highest BCUT2D eigenvalue weighted by molar-refractivity contribution is 6.88. The number of pyridine rings is 1. The van der Waals surface area contributed by atoms with Crippen molar-refractivity contribution in [1.29, 1.82) is 0 Å². The van der Waals surface area contributed by atoms with Gasteiger partial charge in [0.2, 0.25) is 0 Å². The molecule has 5 aromatic rings. The van der Waals surface area contributed by atoms with E-state index in [1.807, 2.05) is 6.20 Å². The molecule has 2 nitrogen and oxygen atoms in total. The van der Waals surface area contributed by atoms with Gasteiger partial charge in [-0.25, -0.2) is 0 Å². The minimum Gasteiger partial charge on any atom is -0.454 e. The number of hydrogen-bond acceptors (Lipinski definition) is 2. The molecule has 150 valence electrons. The second-order valence-electron chi connectivity index (χ2n) is 9.54. The van der Waals surface area contributed by atoms with Crippen LogP contribution in [-0.2, 0) is 0 Å². The largest absolute Gasteiger partial charge is 0.454 e. The van der Waals surface area contributed by atoms with Crippen molar-refractivity contribution in [3.8, 4) is 11.3 Å². The van der Waals surface area contributed by atoms with Gasteiger partial charge in [-0.15, -0.1) is 0 Å². The first-order chi connectivity index (χ1) is 14.3. The fourth-order valence-electron chi connectivity index (χ4n) is 4.33. The average Bonchev–Trinajstić information content (AvgIpc) is 3.10. The van der Waals surface area contributed by atoms with Crippen molar-refractivity contribution in [3.05, 3.63) is 72.4 Å². The van der Waals surface area contributed by atoms with E-state index in [0.717, 1.165) is 27.8 Å². The molecule has 0 aliphatic rings. The van der Waals surface area contributed by atoms with Gasteiger partial charge in [0.1, 0.15) is 11.3 Å². The van der Waals surface area contributed by atoms with Crippen molar-refractivity contribution in [2.24, 2.45) is 0 Å². The first-order valence-corrected chi connectivity index (χ1v) is 14.2. The van der Waals surface area contributed by atoms with Crippen LogP contribution in [0.5, 0.6) is 0 Å². The van der Waals surface area contributed by atoms with Crippen LogP contribution < -0.4 is 5.19 Å². The molecule has 0 fully saturated rings. The maximum atomic E-state index is 6.37. The van der Waals surface area contributed by atoms with Crippen LogP contribution in [0.2, 0.25) is 19.6 Å². The van der Waals surface area contributed by atoms with Gasteiger partial charge in [0.15, 0.2) is 5.58 Å². The van der Waals surface area contributed by atoms with Gasteiger partial charge >= 0.3 is 0 Å². The zero-order chi connectivity index (χ0) is 21.0. The van der Waals surface area contributed by atoms with Gasteiger partial charge < -0.3 is 4.42 Å². The molecular formula is C27H27NOSi. The molecule has 30 heavy (non-hydrogen) atoms. The summed E-state index contributed by atoms with van der Waals surface area (Å²) in [5.41, 5.74) is 5.20. The van der Waals surface area contributed by atoms with Crippen molar-refractivity contribution >= 4 is 46.0 Å². The third-order valence-electron chi connectivity index (χ3n) is 6.04. The Morgan fingerprint density at radius 3 is 2.40 bits per heavy atom. The molecule has 0 radical (unpaired) electrons. The zero-order valence-corrected chi connectivity index (χ0v) is 19.3. The molecule has 0 amide bonds. The fraction of sp³-hybridized carbons (Fsp3) is 0.222. The molecule has 2 heterocycles. The van der Waals surface area contributed by atoms with E-state index in [4.69, 9.17) is 9.40 Å². The summed E-state index contributed by atoms with van der Waals surface area (Å²) < 4.78 is 6.37. The van der Waals surface area contributed by atoms with Crippen molar-refractivity contribution in [1.82, 2.24) is 4.98 Å². The van der Waals surface area contributed by atoms with Gasteiger partial charge in [0.05, 0.1) is 8.07 Å². The highest BCUT2D eigenvalue weighted by Gasteiger charge is 2.20. The highest BCUT2D eigenvalue weighted by Crippen LogP contribution is 2.37. The van der Waals surface area contributed by atoms with Gasteiger partial charge in [0.25, 0.3) is 0 Å². The van der Waals surface area contributed by atoms with Crippen molar-refractivity contribution in [3.63, 3.8) is 0 Å². The third kappa shape index (κ3) is 3.05. The molecule has 0 bridgehead atoms. The van der Waals surface area contributed by atoms with Crippen LogP contribution in [0.25, 0.3) is 44.0 Å². The van der Waals surface area contributed by atoms with Crippen LogP contribution >= 0.6 is 0 Å². The predicted molar refractivity (Wildman–Crippen MR) is 132 cm³/mol. The highest BCUT2D eigenvalue weighted by atomic mass is 28.3. The SMILES string of the molecule is CC(C)c1cc(-c2nccc3c2oc2ccc([Si](C)(C)C)cc23)cc2ccccc12. The molecule has 0 spiro atoms. The molecule has 0 N–H and O–H groups in total. The van der Waals surface area contributed by atoms with Crippen molar-refractivity contribution < 1.29 is 4.42 Å². The van der Waals surface area contributed by atoms with Crippen LogP contribution in [0.4, 0.5) is 0 Å². The molecule has 0 aliphatic carbocycles. The van der Waals surface area contributed by atoms with Gasteiger partial charge in [0, 0.05) is 22.5 Å². The van der Waals surface area contributed by atoms with E-state index in [1.165, 1.54) is 26.9 Å². The second kappa shape index (κ2) is 6.81. The van der Waals surface area contributed by atoms with Crippen molar-refractivity contribution in [2.45, 2.75) is 39.4 Å². The summed E-state index contributed by atoms with van der Waals surface area (Å²) in [6, 6.07) is 21.9. The number of nitrogens with zero attached hydrogens (tertiary/aromatic N) is 1. The van der Waals surface area contributed by atoms with Gasteiger partial charge in [-0.2, -0.15) is 0 Å². The second-order valence-corrected chi connectivity index (χ2v) is 14.6. The van der Waals surface area contributed by atoms with Crippen LogP contribution in [0.3, 0.4) is 0 Å². The number of aromatic nitrogens is 1. The molecule has 2 aromatic heterocycles. The summed E-state index contributed by atoms with van der Waals surface area (Å²) >= 11 is 0. The summed E-state index contributed by atoms with van der Waals surface area (Å²) in [5, 5.41) is 6.35. The average molecular weight is 410 g/mol. The number of rotatable bonds is 3. The van der Waals surface area contributed by atoms with Gasteiger partial charge in [-0.05, 0) is 46.5 Å². The molecule has 3 heteroatoms. The Bertz CT molecular complexity index is 1410.